The number of aliphatic carboxylic acids is 1. The van der Waals surface area contributed by atoms with Gasteiger partial charge in [-0.05, 0) is 23.5 Å². The molecule has 0 aromatic heterocycles. The fraction of sp³-hybridized carbons (Fsp3) is 0.500. The molecule has 3 nitrogen and oxygen atoms in total. The summed E-state index contributed by atoms with van der Waals surface area (Å²) >= 11 is 0. The van der Waals surface area contributed by atoms with Gasteiger partial charge in [0.05, 0.1) is 0 Å². The van der Waals surface area contributed by atoms with Gasteiger partial charge >= 0.3 is 5.97 Å². The smallest absolute Gasteiger partial charge is 0.337 e. The fourth-order valence-corrected chi connectivity index (χ4v) is 1.60. The van der Waals surface area contributed by atoms with Crippen molar-refractivity contribution in [2.24, 2.45) is 0 Å². The van der Waals surface area contributed by atoms with Crippen molar-refractivity contribution in [1.29, 1.82) is 0 Å². The number of rotatable bonds is 6. The molecule has 0 aliphatic heterocycles. The SMILES string of the molecule is CCCOC(C(=O)O)c1ccc(C(C)C)cc1. The topological polar surface area (TPSA) is 46.5 Å². The first-order valence-corrected chi connectivity index (χ1v) is 6.00. The van der Waals surface area contributed by atoms with Crippen molar-refractivity contribution < 1.29 is 14.6 Å². The zero-order chi connectivity index (χ0) is 12.8. The number of hydrogen-bond acceptors (Lipinski definition) is 2. The number of benzene rings is 1. The number of carboxylic acids is 1. The molecule has 1 rings (SSSR count). The van der Waals surface area contributed by atoms with Crippen LogP contribution in [0.3, 0.4) is 0 Å². The van der Waals surface area contributed by atoms with E-state index in [-0.39, 0.29) is 0 Å². The lowest BCUT2D eigenvalue weighted by Crippen LogP contribution is -2.15. The number of hydrogen-bond donors (Lipinski definition) is 1. The third kappa shape index (κ3) is 3.86. The van der Waals surface area contributed by atoms with Crippen molar-refractivity contribution in [1.82, 2.24) is 0 Å². The Morgan fingerprint density at radius 2 is 1.76 bits per heavy atom. The Bertz CT molecular complexity index is 354. The predicted octanol–water partition coefficient (Wildman–Crippen LogP) is 3.36. The normalized spacial score (nSPS) is 12.7. The molecule has 17 heavy (non-hydrogen) atoms. The number of ether oxygens (including phenoxy) is 1. The zero-order valence-electron chi connectivity index (χ0n) is 10.6. The first-order chi connectivity index (χ1) is 8.06. The van der Waals surface area contributed by atoms with Crippen molar-refractivity contribution >= 4 is 5.97 Å². The second kappa shape index (κ2) is 6.40. The van der Waals surface area contributed by atoms with Gasteiger partial charge in [0.15, 0.2) is 6.10 Å². The van der Waals surface area contributed by atoms with Crippen molar-refractivity contribution in [3.05, 3.63) is 35.4 Å². The maximum Gasteiger partial charge on any atom is 0.337 e. The predicted molar refractivity (Wildman–Crippen MR) is 67.2 cm³/mol. The summed E-state index contributed by atoms with van der Waals surface area (Å²) in [5.74, 6) is -0.486. The zero-order valence-corrected chi connectivity index (χ0v) is 10.6. The van der Waals surface area contributed by atoms with Crippen LogP contribution >= 0.6 is 0 Å². The molecule has 0 radical (unpaired) electrons. The summed E-state index contributed by atoms with van der Waals surface area (Å²) in [4.78, 5) is 11.1. The van der Waals surface area contributed by atoms with E-state index in [0.717, 1.165) is 6.42 Å². The van der Waals surface area contributed by atoms with Gasteiger partial charge in [-0.25, -0.2) is 4.79 Å². The maximum absolute atomic E-state index is 11.1. The van der Waals surface area contributed by atoms with Gasteiger partial charge in [-0.15, -0.1) is 0 Å². The second-order valence-electron chi connectivity index (χ2n) is 4.41. The van der Waals surface area contributed by atoms with Crippen LogP contribution in [0.4, 0.5) is 0 Å². The molecule has 0 bridgehead atoms. The van der Waals surface area contributed by atoms with Crippen LogP contribution in [0.1, 0.15) is 50.3 Å². The third-order valence-corrected chi connectivity index (χ3v) is 2.62. The molecule has 0 saturated heterocycles. The van der Waals surface area contributed by atoms with Crippen LogP contribution in [-0.4, -0.2) is 17.7 Å². The van der Waals surface area contributed by atoms with E-state index in [0.29, 0.717) is 18.1 Å². The minimum absolute atomic E-state index is 0.448. The molecule has 0 saturated carbocycles. The highest BCUT2D eigenvalue weighted by molar-refractivity contribution is 5.74. The molecule has 94 valence electrons. The van der Waals surface area contributed by atoms with Crippen LogP contribution in [-0.2, 0) is 9.53 Å². The molecule has 1 N–H and O–H groups in total. The third-order valence-electron chi connectivity index (χ3n) is 2.62. The molecule has 1 aromatic rings. The minimum Gasteiger partial charge on any atom is -0.479 e. The molecule has 1 unspecified atom stereocenters. The van der Waals surface area contributed by atoms with Crippen LogP contribution < -0.4 is 0 Å². The largest absolute Gasteiger partial charge is 0.479 e. The molecule has 1 aromatic carbocycles. The standard InChI is InChI=1S/C14H20O3/c1-4-9-17-13(14(15)16)12-7-5-11(6-8-12)10(2)3/h5-8,10,13H,4,9H2,1-3H3,(H,15,16). The molecule has 0 aliphatic carbocycles. The van der Waals surface area contributed by atoms with Crippen molar-refractivity contribution in [2.45, 2.75) is 39.2 Å². The summed E-state index contributed by atoms with van der Waals surface area (Å²) in [6.45, 7) is 6.64. The highest BCUT2D eigenvalue weighted by Crippen LogP contribution is 2.21. The molecule has 3 heteroatoms. The molecule has 0 heterocycles. The Morgan fingerprint density at radius 1 is 1.24 bits per heavy atom. The van der Waals surface area contributed by atoms with Crippen LogP contribution in [0.5, 0.6) is 0 Å². The quantitative estimate of drug-likeness (QED) is 0.823. The lowest BCUT2D eigenvalue weighted by Gasteiger charge is -2.14. The van der Waals surface area contributed by atoms with Gasteiger partial charge < -0.3 is 9.84 Å². The van der Waals surface area contributed by atoms with Crippen molar-refractivity contribution in [3.63, 3.8) is 0 Å². The van der Waals surface area contributed by atoms with E-state index >= 15 is 0 Å². The Morgan fingerprint density at radius 3 is 2.18 bits per heavy atom. The van der Waals surface area contributed by atoms with Gasteiger partial charge in [0, 0.05) is 6.61 Å². The summed E-state index contributed by atoms with van der Waals surface area (Å²) in [7, 11) is 0. The fourth-order valence-electron chi connectivity index (χ4n) is 1.60. The summed E-state index contributed by atoms with van der Waals surface area (Å²) in [6.07, 6.45) is -0.0374. The van der Waals surface area contributed by atoms with Crippen LogP contribution in [0.2, 0.25) is 0 Å². The molecule has 1 atom stereocenters. The van der Waals surface area contributed by atoms with Crippen molar-refractivity contribution in [3.8, 4) is 0 Å². The van der Waals surface area contributed by atoms with E-state index in [4.69, 9.17) is 9.84 Å². The summed E-state index contributed by atoms with van der Waals surface area (Å²) < 4.78 is 5.34. The molecule has 0 aliphatic rings. The highest BCUT2D eigenvalue weighted by Gasteiger charge is 2.19. The average Bonchev–Trinajstić information content (AvgIpc) is 2.29. The highest BCUT2D eigenvalue weighted by atomic mass is 16.5. The Balaban J connectivity index is 2.83. The average molecular weight is 236 g/mol. The van der Waals surface area contributed by atoms with E-state index in [9.17, 15) is 4.79 Å². The summed E-state index contributed by atoms with van der Waals surface area (Å²) in [5, 5.41) is 9.11. The summed E-state index contributed by atoms with van der Waals surface area (Å²) in [5.41, 5.74) is 1.91. The molecule has 0 fully saturated rings. The van der Waals surface area contributed by atoms with Gasteiger partial charge in [-0.1, -0.05) is 45.0 Å². The van der Waals surface area contributed by atoms with E-state index in [1.807, 2.05) is 31.2 Å². The Kier molecular flexibility index (Phi) is 5.16. The number of carboxylic acid groups (broad SMARTS) is 1. The monoisotopic (exact) mass is 236 g/mol. The van der Waals surface area contributed by atoms with Crippen LogP contribution in [0.25, 0.3) is 0 Å². The molecule has 0 spiro atoms. The van der Waals surface area contributed by atoms with Gasteiger partial charge in [0.2, 0.25) is 0 Å². The molecular weight excluding hydrogens is 216 g/mol. The minimum atomic E-state index is -0.934. The van der Waals surface area contributed by atoms with Crippen LogP contribution in [0, 0.1) is 0 Å². The van der Waals surface area contributed by atoms with E-state index in [2.05, 4.69) is 13.8 Å². The summed E-state index contributed by atoms with van der Waals surface area (Å²) in [6, 6.07) is 7.60. The van der Waals surface area contributed by atoms with Gasteiger partial charge in [0.1, 0.15) is 0 Å². The Hall–Kier alpha value is -1.35. The maximum atomic E-state index is 11.1. The lowest BCUT2D eigenvalue weighted by atomic mass is 10.00. The number of carbonyl (C=O) groups is 1. The lowest BCUT2D eigenvalue weighted by molar-refractivity contribution is -0.150. The van der Waals surface area contributed by atoms with Gasteiger partial charge in [-0.2, -0.15) is 0 Å². The molecular formula is C14H20O3. The van der Waals surface area contributed by atoms with E-state index < -0.39 is 12.1 Å². The Labute approximate surface area is 102 Å². The van der Waals surface area contributed by atoms with Crippen LogP contribution in [0.15, 0.2) is 24.3 Å². The van der Waals surface area contributed by atoms with E-state index in [1.54, 1.807) is 0 Å². The second-order valence-corrected chi connectivity index (χ2v) is 4.41. The van der Waals surface area contributed by atoms with E-state index in [1.165, 1.54) is 5.56 Å². The van der Waals surface area contributed by atoms with Gasteiger partial charge in [0.25, 0.3) is 0 Å². The first-order valence-electron chi connectivity index (χ1n) is 6.00. The van der Waals surface area contributed by atoms with Crippen molar-refractivity contribution in [2.75, 3.05) is 6.61 Å². The first kappa shape index (κ1) is 13.7. The van der Waals surface area contributed by atoms with Gasteiger partial charge in [-0.3, -0.25) is 0 Å². The molecule has 0 amide bonds.